The summed E-state index contributed by atoms with van der Waals surface area (Å²) in [6.45, 7) is 0. The number of H-pyrrole nitrogens is 1. The Bertz CT molecular complexity index is 923. The van der Waals surface area contributed by atoms with Crippen LogP contribution in [0.3, 0.4) is 0 Å². The third-order valence-corrected chi connectivity index (χ3v) is 4.82. The van der Waals surface area contributed by atoms with Crippen LogP contribution in [0.1, 0.15) is 11.4 Å². The van der Waals surface area contributed by atoms with Crippen LogP contribution in [0.15, 0.2) is 30.5 Å². The molecule has 0 fully saturated rings. The van der Waals surface area contributed by atoms with Gasteiger partial charge in [-0.05, 0) is 23.8 Å². The monoisotopic (exact) mass is 350 g/mol. The SMILES string of the molecule is Clc1cccc(Cl)c1Cc1nnc2sc(-c3ccn[nH]3)nn12. The average molecular weight is 351 g/mol. The van der Waals surface area contributed by atoms with Crippen molar-refractivity contribution in [1.29, 1.82) is 0 Å². The number of rotatable bonds is 3. The predicted octanol–water partition coefficient (Wildman–Crippen LogP) is 3.47. The summed E-state index contributed by atoms with van der Waals surface area (Å²) in [6, 6.07) is 7.28. The lowest BCUT2D eigenvalue weighted by atomic mass is 10.1. The first-order valence-corrected chi connectivity index (χ1v) is 7.93. The number of benzene rings is 1. The van der Waals surface area contributed by atoms with E-state index in [-0.39, 0.29) is 0 Å². The van der Waals surface area contributed by atoms with Gasteiger partial charge >= 0.3 is 0 Å². The largest absolute Gasteiger partial charge is 0.275 e. The van der Waals surface area contributed by atoms with Gasteiger partial charge in [0.1, 0.15) is 0 Å². The molecule has 3 heterocycles. The second-order valence-electron chi connectivity index (χ2n) is 4.57. The van der Waals surface area contributed by atoms with E-state index in [2.05, 4.69) is 25.5 Å². The summed E-state index contributed by atoms with van der Waals surface area (Å²) in [5.74, 6) is 0.687. The van der Waals surface area contributed by atoms with E-state index in [1.807, 2.05) is 12.1 Å². The normalized spacial score (nSPS) is 11.4. The van der Waals surface area contributed by atoms with E-state index in [1.54, 1.807) is 22.8 Å². The molecule has 4 aromatic rings. The smallest absolute Gasteiger partial charge is 0.235 e. The molecule has 0 bridgehead atoms. The van der Waals surface area contributed by atoms with Crippen LogP contribution in [0.2, 0.25) is 10.0 Å². The fourth-order valence-corrected chi connectivity index (χ4v) is 3.48. The van der Waals surface area contributed by atoms with Crippen LogP contribution >= 0.6 is 34.5 Å². The molecule has 0 spiro atoms. The van der Waals surface area contributed by atoms with Gasteiger partial charge < -0.3 is 0 Å². The van der Waals surface area contributed by atoms with Gasteiger partial charge in [0.05, 0.1) is 5.69 Å². The highest BCUT2D eigenvalue weighted by molar-refractivity contribution is 7.19. The topological polar surface area (TPSA) is 71.8 Å². The molecule has 0 aliphatic rings. The second kappa shape index (κ2) is 5.35. The maximum absolute atomic E-state index is 6.21. The van der Waals surface area contributed by atoms with Crippen LogP contribution in [0.4, 0.5) is 0 Å². The van der Waals surface area contributed by atoms with Crippen molar-refractivity contribution in [3.05, 3.63) is 51.9 Å². The molecular formula is C13H8Cl2N6S. The van der Waals surface area contributed by atoms with Gasteiger partial charge in [-0.15, -0.1) is 10.2 Å². The van der Waals surface area contributed by atoms with Crippen LogP contribution in [0.5, 0.6) is 0 Å². The standard InChI is InChI=1S/C13H8Cl2N6S/c14-8-2-1-3-9(15)7(8)6-11-18-19-13-21(11)20-12(22-13)10-4-5-16-17-10/h1-5H,6H2,(H,16,17). The number of aromatic nitrogens is 6. The van der Waals surface area contributed by atoms with Gasteiger partial charge in [0.25, 0.3) is 0 Å². The predicted molar refractivity (Wildman–Crippen MR) is 85.5 cm³/mol. The van der Waals surface area contributed by atoms with Gasteiger partial charge in [-0.25, -0.2) is 0 Å². The Balaban J connectivity index is 1.76. The zero-order chi connectivity index (χ0) is 15.1. The van der Waals surface area contributed by atoms with E-state index >= 15 is 0 Å². The maximum atomic E-state index is 6.21. The van der Waals surface area contributed by atoms with Crippen LogP contribution in [0.25, 0.3) is 15.7 Å². The summed E-state index contributed by atoms with van der Waals surface area (Å²) in [4.78, 5) is 0.711. The number of fused-ring (bicyclic) bond motifs is 1. The molecule has 22 heavy (non-hydrogen) atoms. The lowest BCUT2D eigenvalue weighted by Crippen LogP contribution is -1.99. The molecule has 0 saturated heterocycles. The molecule has 0 atom stereocenters. The van der Waals surface area contributed by atoms with Crippen LogP contribution in [-0.4, -0.2) is 30.0 Å². The van der Waals surface area contributed by atoms with E-state index in [1.165, 1.54) is 11.3 Å². The van der Waals surface area contributed by atoms with Crippen molar-refractivity contribution in [3.8, 4) is 10.7 Å². The first-order chi connectivity index (χ1) is 10.7. The first kappa shape index (κ1) is 13.7. The van der Waals surface area contributed by atoms with E-state index < -0.39 is 0 Å². The number of nitrogens with zero attached hydrogens (tertiary/aromatic N) is 5. The Labute approximate surface area is 138 Å². The van der Waals surface area contributed by atoms with Crippen molar-refractivity contribution >= 4 is 39.5 Å². The summed E-state index contributed by atoms with van der Waals surface area (Å²) in [7, 11) is 0. The zero-order valence-corrected chi connectivity index (χ0v) is 13.3. The Hall–Kier alpha value is -1.96. The van der Waals surface area contributed by atoms with Crippen LogP contribution in [0, 0.1) is 0 Å². The lowest BCUT2D eigenvalue weighted by Gasteiger charge is -2.04. The molecule has 6 nitrogen and oxygen atoms in total. The average Bonchev–Trinajstić information content (AvgIpc) is 3.20. The third-order valence-electron chi connectivity index (χ3n) is 3.18. The first-order valence-electron chi connectivity index (χ1n) is 6.36. The highest BCUT2D eigenvalue weighted by atomic mass is 35.5. The molecule has 4 rings (SSSR count). The van der Waals surface area contributed by atoms with E-state index in [4.69, 9.17) is 23.2 Å². The molecule has 0 saturated carbocycles. The Kier molecular flexibility index (Phi) is 3.33. The Morgan fingerprint density at radius 2 is 1.95 bits per heavy atom. The van der Waals surface area contributed by atoms with Crippen molar-refractivity contribution in [1.82, 2.24) is 30.0 Å². The molecule has 1 N–H and O–H groups in total. The third kappa shape index (κ3) is 2.27. The molecule has 9 heteroatoms. The summed E-state index contributed by atoms with van der Waals surface area (Å²) in [5, 5.41) is 21.7. The Morgan fingerprint density at radius 3 is 2.68 bits per heavy atom. The number of aromatic amines is 1. The van der Waals surface area contributed by atoms with Crippen LogP contribution in [-0.2, 0) is 6.42 Å². The zero-order valence-electron chi connectivity index (χ0n) is 11.0. The molecule has 3 aromatic heterocycles. The summed E-state index contributed by atoms with van der Waals surface area (Å²) < 4.78 is 1.71. The van der Waals surface area contributed by atoms with Crippen LogP contribution < -0.4 is 0 Å². The second-order valence-corrected chi connectivity index (χ2v) is 6.34. The highest BCUT2D eigenvalue weighted by Crippen LogP contribution is 2.28. The number of hydrogen-bond acceptors (Lipinski definition) is 5. The van der Waals surface area contributed by atoms with Gasteiger partial charge in [0.15, 0.2) is 10.8 Å². The molecule has 0 aliphatic carbocycles. The molecule has 0 amide bonds. The fraction of sp³-hybridized carbons (Fsp3) is 0.0769. The fourth-order valence-electron chi connectivity index (χ4n) is 2.11. The summed E-state index contributed by atoms with van der Waals surface area (Å²) in [6.07, 6.45) is 2.15. The molecule has 110 valence electrons. The highest BCUT2D eigenvalue weighted by Gasteiger charge is 2.16. The van der Waals surface area contributed by atoms with Gasteiger partial charge in [-0.1, -0.05) is 40.6 Å². The lowest BCUT2D eigenvalue weighted by molar-refractivity contribution is 0.853. The number of hydrogen-bond donors (Lipinski definition) is 1. The van der Waals surface area contributed by atoms with Crippen molar-refractivity contribution in [2.24, 2.45) is 0 Å². The molecule has 0 unspecified atom stereocenters. The van der Waals surface area contributed by atoms with Gasteiger partial charge in [0.2, 0.25) is 4.96 Å². The minimum absolute atomic E-state index is 0.464. The minimum atomic E-state index is 0.464. The molecule has 1 aromatic carbocycles. The van der Waals surface area contributed by atoms with Gasteiger partial charge in [-0.3, -0.25) is 5.10 Å². The van der Waals surface area contributed by atoms with Crippen molar-refractivity contribution in [2.45, 2.75) is 6.42 Å². The number of halogens is 2. The van der Waals surface area contributed by atoms with Crippen molar-refractivity contribution in [3.63, 3.8) is 0 Å². The molecular weight excluding hydrogens is 343 g/mol. The quantitative estimate of drug-likeness (QED) is 0.613. The van der Waals surface area contributed by atoms with E-state index in [0.29, 0.717) is 27.3 Å². The summed E-state index contributed by atoms with van der Waals surface area (Å²) in [5.41, 5.74) is 1.66. The van der Waals surface area contributed by atoms with Gasteiger partial charge in [0, 0.05) is 22.7 Å². The summed E-state index contributed by atoms with van der Waals surface area (Å²) >= 11 is 13.9. The molecule has 0 aliphatic heterocycles. The van der Waals surface area contributed by atoms with E-state index in [0.717, 1.165) is 16.3 Å². The van der Waals surface area contributed by atoms with Gasteiger partial charge in [-0.2, -0.15) is 14.7 Å². The maximum Gasteiger partial charge on any atom is 0.235 e. The van der Waals surface area contributed by atoms with Crippen molar-refractivity contribution in [2.75, 3.05) is 0 Å². The number of nitrogens with one attached hydrogen (secondary N) is 1. The van der Waals surface area contributed by atoms with E-state index in [9.17, 15) is 0 Å². The van der Waals surface area contributed by atoms with Crippen molar-refractivity contribution < 1.29 is 0 Å². The Morgan fingerprint density at radius 1 is 1.14 bits per heavy atom. The minimum Gasteiger partial charge on any atom is -0.275 e. The molecule has 0 radical (unpaired) electrons.